The van der Waals surface area contributed by atoms with Crippen LogP contribution in [0.5, 0.6) is 0 Å². The summed E-state index contributed by atoms with van der Waals surface area (Å²) in [6.45, 7) is 4.47. The van der Waals surface area contributed by atoms with Crippen molar-refractivity contribution >= 4 is 17.3 Å². The van der Waals surface area contributed by atoms with Gasteiger partial charge in [-0.3, -0.25) is 4.90 Å². The molecule has 2 unspecified atom stereocenters. The molecule has 0 amide bonds. The molecular formula is C13H19ClN2O2. The van der Waals surface area contributed by atoms with Gasteiger partial charge in [0.2, 0.25) is 0 Å². The highest BCUT2D eigenvalue weighted by Crippen LogP contribution is 2.21. The third-order valence-corrected chi connectivity index (χ3v) is 3.42. The van der Waals surface area contributed by atoms with E-state index in [0.717, 1.165) is 25.2 Å². The molecule has 5 heteroatoms. The first-order valence-corrected chi connectivity index (χ1v) is 6.49. The highest BCUT2D eigenvalue weighted by Gasteiger charge is 2.24. The molecular weight excluding hydrogens is 252 g/mol. The lowest BCUT2D eigenvalue weighted by atomic mass is 10.1. The van der Waals surface area contributed by atoms with E-state index in [1.54, 1.807) is 0 Å². The fourth-order valence-corrected chi connectivity index (χ4v) is 2.44. The number of nitrogen functional groups attached to an aromatic ring is 1. The maximum Gasteiger partial charge on any atom is 0.0936 e. The molecule has 1 aromatic carbocycles. The largest absolute Gasteiger partial charge is 0.398 e. The molecule has 0 bridgehead atoms. The Kier molecular flexibility index (Phi) is 4.45. The number of morpholine rings is 1. The monoisotopic (exact) mass is 270 g/mol. The van der Waals surface area contributed by atoms with E-state index in [1.165, 1.54) is 0 Å². The van der Waals surface area contributed by atoms with Gasteiger partial charge in [-0.25, -0.2) is 0 Å². The van der Waals surface area contributed by atoms with Gasteiger partial charge < -0.3 is 15.6 Å². The minimum absolute atomic E-state index is 0.0591. The quantitative estimate of drug-likeness (QED) is 0.818. The number of aliphatic hydroxyl groups is 1. The third-order valence-electron chi connectivity index (χ3n) is 3.07. The van der Waals surface area contributed by atoms with E-state index in [1.807, 2.05) is 25.1 Å². The highest BCUT2D eigenvalue weighted by molar-refractivity contribution is 6.33. The zero-order valence-corrected chi connectivity index (χ0v) is 11.2. The topological polar surface area (TPSA) is 58.7 Å². The van der Waals surface area contributed by atoms with E-state index < -0.39 is 0 Å². The molecule has 0 spiro atoms. The number of halogens is 1. The first-order valence-electron chi connectivity index (χ1n) is 6.11. The normalized spacial score (nSPS) is 25.3. The Bertz CT molecular complexity index is 414. The number of ether oxygens (including phenoxy) is 1. The van der Waals surface area contributed by atoms with Crippen LogP contribution in [0.4, 0.5) is 5.69 Å². The van der Waals surface area contributed by atoms with Gasteiger partial charge >= 0.3 is 0 Å². The van der Waals surface area contributed by atoms with Gasteiger partial charge in [0.25, 0.3) is 0 Å². The molecule has 1 fully saturated rings. The Labute approximate surface area is 112 Å². The summed E-state index contributed by atoms with van der Waals surface area (Å²) in [6, 6.07) is 5.70. The van der Waals surface area contributed by atoms with Crippen LogP contribution in [0.25, 0.3) is 0 Å². The van der Waals surface area contributed by atoms with Crippen molar-refractivity contribution in [3.63, 3.8) is 0 Å². The Morgan fingerprint density at radius 1 is 1.50 bits per heavy atom. The Morgan fingerprint density at radius 2 is 2.28 bits per heavy atom. The van der Waals surface area contributed by atoms with Crippen molar-refractivity contribution in [1.82, 2.24) is 4.90 Å². The zero-order valence-electron chi connectivity index (χ0n) is 10.5. The number of anilines is 1. The first-order chi connectivity index (χ1) is 8.58. The van der Waals surface area contributed by atoms with E-state index in [-0.39, 0.29) is 18.8 Å². The second-order valence-corrected chi connectivity index (χ2v) is 5.21. The van der Waals surface area contributed by atoms with E-state index in [2.05, 4.69) is 4.90 Å². The van der Waals surface area contributed by atoms with Crippen LogP contribution in [-0.4, -0.2) is 41.9 Å². The average Bonchev–Trinajstić information content (AvgIpc) is 2.33. The fraction of sp³-hybridized carbons (Fsp3) is 0.538. The van der Waals surface area contributed by atoms with Crippen LogP contribution >= 0.6 is 11.6 Å². The molecule has 1 saturated heterocycles. The van der Waals surface area contributed by atoms with Gasteiger partial charge in [-0.05, 0) is 24.6 Å². The van der Waals surface area contributed by atoms with Crippen LogP contribution in [0.3, 0.4) is 0 Å². The van der Waals surface area contributed by atoms with Crippen molar-refractivity contribution < 1.29 is 9.84 Å². The molecule has 100 valence electrons. The summed E-state index contributed by atoms with van der Waals surface area (Å²) in [6.07, 6.45) is 0.0407. The van der Waals surface area contributed by atoms with Crippen molar-refractivity contribution in [1.29, 1.82) is 0 Å². The minimum Gasteiger partial charge on any atom is -0.398 e. The lowest BCUT2D eigenvalue weighted by molar-refractivity contribution is -0.0972. The number of benzene rings is 1. The maximum absolute atomic E-state index is 9.18. The number of aliphatic hydroxyl groups excluding tert-OH is 1. The van der Waals surface area contributed by atoms with Gasteiger partial charge in [-0.1, -0.05) is 17.7 Å². The van der Waals surface area contributed by atoms with E-state index in [9.17, 15) is 5.11 Å². The van der Waals surface area contributed by atoms with Crippen molar-refractivity contribution in [2.45, 2.75) is 25.7 Å². The molecule has 2 rings (SSSR count). The lowest BCUT2D eigenvalue weighted by Crippen LogP contribution is -2.47. The van der Waals surface area contributed by atoms with Crippen molar-refractivity contribution in [3.8, 4) is 0 Å². The smallest absolute Gasteiger partial charge is 0.0936 e. The number of nitrogens with zero attached hydrogens (tertiary/aromatic N) is 1. The van der Waals surface area contributed by atoms with Crippen LogP contribution < -0.4 is 5.73 Å². The second-order valence-electron chi connectivity index (χ2n) is 4.80. The Balaban J connectivity index is 2.01. The predicted octanol–water partition coefficient (Wildman–Crippen LogP) is 1.50. The third kappa shape index (κ3) is 3.36. The number of nitrogens with two attached hydrogens (primary N) is 1. The summed E-state index contributed by atoms with van der Waals surface area (Å²) in [5.74, 6) is 0. The van der Waals surface area contributed by atoms with Gasteiger partial charge in [-0.15, -0.1) is 0 Å². The SMILES string of the molecule is CC1CN(Cc2ccc(Cl)c(N)c2)CC(CO)O1. The van der Waals surface area contributed by atoms with Gasteiger partial charge in [0.05, 0.1) is 29.5 Å². The molecule has 18 heavy (non-hydrogen) atoms. The second kappa shape index (κ2) is 5.89. The standard InChI is InChI=1S/C13H19ClN2O2/c1-9-5-16(7-11(8-17)18-9)6-10-2-3-12(14)13(15)4-10/h2-4,9,11,17H,5-8,15H2,1H3. The van der Waals surface area contributed by atoms with Gasteiger partial charge in [0.15, 0.2) is 0 Å². The predicted molar refractivity (Wildman–Crippen MR) is 72.6 cm³/mol. The number of hydrogen-bond acceptors (Lipinski definition) is 4. The summed E-state index contributed by atoms with van der Waals surface area (Å²) in [7, 11) is 0. The summed E-state index contributed by atoms with van der Waals surface area (Å²) in [5, 5.41) is 9.77. The highest BCUT2D eigenvalue weighted by atomic mass is 35.5. The number of hydrogen-bond donors (Lipinski definition) is 2. The van der Waals surface area contributed by atoms with Crippen molar-refractivity contribution in [2.24, 2.45) is 0 Å². The van der Waals surface area contributed by atoms with Crippen LogP contribution in [-0.2, 0) is 11.3 Å². The van der Waals surface area contributed by atoms with Crippen LogP contribution in [0.15, 0.2) is 18.2 Å². The fourth-order valence-electron chi connectivity index (χ4n) is 2.32. The van der Waals surface area contributed by atoms with Crippen molar-refractivity contribution in [3.05, 3.63) is 28.8 Å². The molecule has 1 aliphatic rings. The van der Waals surface area contributed by atoms with E-state index >= 15 is 0 Å². The molecule has 1 heterocycles. The molecule has 0 radical (unpaired) electrons. The molecule has 4 nitrogen and oxygen atoms in total. The van der Waals surface area contributed by atoms with Gasteiger partial charge in [-0.2, -0.15) is 0 Å². The molecule has 1 aromatic rings. The van der Waals surface area contributed by atoms with Gasteiger partial charge in [0, 0.05) is 19.6 Å². The maximum atomic E-state index is 9.18. The summed E-state index contributed by atoms with van der Waals surface area (Å²) >= 11 is 5.90. The van der Waals surface area contributed by atoms with Gasteiger partial charge in [0.1, 0.15) is 0 Å². The van der Waals surface area contributed by atoms with E-state index in [4.69, 9.17) is 22.1 Å². The molecule has 1 aliphatic heterocycles. The minimum atomic E-state index is -0.0987. The summed E-state index contributed by atoms with van der Waals surface area (Å²) in [4.78, 5) is 2.26. The van der Waals surface area contributed by atoms with Crippen LogP contribution in [0.2, 0.25) is 5.02 Å². The molecule has 2 atom stereocenters. The summed E-state index contributed by atoms with van der Waals surface area (Å²) < 4.78 is 5.61. The average molecular weight is 271 g/mol. The molecule has 0 saturated carbocycles. The molecule has 0 aromatic heterocycles. The number of rotatable bonds is 3. The molecule has 3 N–H and O–H groups in total. The van der Waals surface area contributed by atoms with Crippen LogP contribution in [0, 0.1) is 0 Å². The van der Waals surface area contributed by atoms with E-state index in [0.29, 0.717) is 10.7 Å². The first kappa shape index (κ1) is 13.6. The zero-order chi connectivity index (χ0) is 13.1. The van der Waals surface area contributed by atoms with Crippen molar-refractivity contribution in [2.75, 3.05) is 25.4 Å². The van der Waals surface area contributed by atoms with Crippen LogP contribution in [0.1, 0.15) is 12.5 Å². The lowest BCUT2D eigenvalue weighted by Gasteiger charge is -2.36. The summed E-state index contributed by atoms with van der Waals surface area (Å²) in [5.41, 5.74) is 7.52. The Morgan fingerprint density at radius 3 is 2.94 bits per heavy atom. The Hall–Kier alpha value is -0.810. The molecule has 0 aliphatic carbocycles.